The Morgan fingerprint density at radius 2 is 1.78 bits per heavy atom. The summed E-state index contributed by atoms with van der Waals surface area (Å²) in [6.45, 7) is 0.203. The molecular weight excluding hydrogens is 262 g/mol. The second-order valence-electron chi connectivity index (χ2n) is 3.76. The first-order chi connectivity index (χ1) is 8.90. The van der Waals surface area contributed by atoms with Gasteiger partial charge in [0.15, 0.2) is 0 Å². The third-order valence-electron chi connectivity index (χ3n) is 2.50. The molecule has 0 aliphatic carbocycles. The highest BCUT2D eigenvalue weighted by atomic mass is 33.1. The molecule has 4 heteroatoms. The second-order valence-corrected chi connectivity index (χ2v) is 6.07. The summed E-state index contributed by atoms with van der Waals surface area (Å²) in [6.07, 6.45) is 2.54. The van der Waals surface area contributed by atoms with E-state index in [2.05, 4.69) is 17.1 Å². The highest BCUT2D eigenvalue weighted by molar-refractivity contribution is 8.76. The maximum absolute atomic E-state index is 9.03. The molecule has 0 saturated carbocycles. The SMILES string of the molecule is OCCc1ccccc1CSSc1ccccn1. The fourth-order valence-corrected chi connectivity index (χ4v) is 3.65. The standard InChI is InChI=1S/C14H15NOS2/c16-10-8-12-5-1-2-6-13(12)11-17-18-14-7-3-4-9-15-14/h1-7,9,16H,8,10-11H2. The normalized spacial score (nSPS) is 10.5. The lowest BCUT2D eigenvalue weighted by Crippen LogP contribution is -1.95. The fourth-order valence-electron chi connectivity index (χ4n) is 1.61. The van der Waals surface area contributed by atoms with E-state index in [-0.39, 0.29) is 6.61 Å². The Bertz CT molecular complexity index is 476. The summed E-state index contributed by atoms with van der Waals surface area (Å²) in [5.74, 6) is 0.928. The van der Waals surface area contributed by atoms with E-state index in [1.807, 2.05) is 36.5 Å². The van der Waals surface area contributed by atoms with Crippen LogP contribution in [0.2, 0.25) is 0 Å². The number of hydrogen-bond acceptors (Lipinski definition) is 4. The average Bonchev–Trinajstić information content (AvgIpc) is 2.42. The number of benzene rings is 1. The molecule has 0 fully saturated rings. The van der Waals surface area contributed by atoms with Crippen molar-refractivity contribution in [2.24, 2.45) is 0 Å². The molecule has 0 aliphatic rings. The summed E-state index contributed by atoms with van der Waals surface area (Å²) in [5.41, 5.74) is 2.52. The number of pyridine rings is 1. The zero-order valence-corrected chi connectivity index (χ0v) is 11.6. The van der Waals surface area contributed by atoms with Crippen molar-refractivity contribution >= 4 is 21.6 Å². The van der Waals surface area contributed by atoms with Crippen molar-refractivity contribution in [3.8, 4) is 0 Å². The average molecular weight is 277 g/mol. The number of aliphatic hydroxyl groups is 1. The van der Waals surface area contributed by atoms with Crippen LogP contribution >= 0.6 is 21.6 Å². The van der Waals surface area contributed by atoms with Gasteiger partial charge in [0.1, 0.15) is 5.03 Å². The van der Waals surface area contributed by atoms with Crippen LogP contribution < -0.4 is 0 Å². The zero-order valence-electron chi connectivity index (χ0n) is 9.95. The van der Waals surface area contributed by atoms with Gasteiger partial charge < -0.3 is 5.11 Å². The van der Waals surface area contributed by atoms with Crippen molar-refractivity contribution in [1.82, 2.24) is 4.98 Å². The molecule has 2 nitrogen and oxygen atoms in total. The molecular formula is C14H15NOS2. The first-order valence-corrected chi connectivity index (χ1v) is 8.10. The summed E-state index contributed by atoms with van der Waals surface area (Å²) in [7, 11) is 3.46. The maximum atomic E-state index is 9.03. The van der Waals surface area contributed by atoms with Crippen molar-refractivity contribution in [2.45, 2.75) is 17.2 Å². The zero-order chi connectivity index (χ0) is 12.6. The van der Waals surface area contributed by atoms with Gasteiger partial charge in [-0.25, -0.2) is 4.98 Å². The van der Waals surface area contributed by atoms with Crippen molar-refractivity contribution in [2.75, 3.05) is 6.61 Å². The fraction of sp³-hybridized carbons (Fsp3) is 0.214. The molecule has 2 rings (SSSR count). The summed E-state index contributed by atoms with van der Waals surface area (Å²) >= 11 is 0. The smallest absolute Gasteiger partial charge is 0.106 e. The summed E-state index contributed by atoms with van der Waals surface area (Å²) in [5, 5.41) is 10.1. The van der Waals surface area contributed by atoms with Crippen LogP contribution in [0.5, 0.6) is 0 Å². The van der Waals surface area contributed by atoms with Crippen molar-refractivity contribution < 1.29 is 5.11 Å². The van der Waals surface area contributed by atoms with Gasteiger partial charge in [0.2, 0.25) is 0 Å². The summed E-state index contributed by atoms with van der Waals surface area (Å²) in [6, 6.07) is 14.2. The molecule has 0 unspecified atom stereocenters. The molecule has 0 bridgehead atoms. The molecule has 0 spiro atoms. The second kappa shape index (κ2) is 7.46. The molecule has 1 aromatic carbocycles. The number of nitrogens with zero attached hydrogens (tertiary/aromatic N) is 1. The van der Waals surface area contributed by atoms with Crippen LogP contribution in [0, 0.1) is 0 Å². The van der Waals surface area contributed by atoms with Gasteiger partial charge in [-0.1, -0.05) is 41.1 Å². The molecule has 2 aromatic rings. The summed E-state index contributed by atoms with van der Waals surface area (Å²) in [4.78, 5) is 4.27. The minimum atomic E-state index is 0.203. The molecule has 1 heterocycles. The Balaban J connectivity index is 1.90. The Morgan fingerprint density at radius 1 is 1.00 bits per heavy atom. The van der Waals surface area contributed by atoms with Crippen LogP contribution in [0.1, 0.15) is 11.1 Å². The van der Waals surface area contributed by atoms with E-state index in [0.29, 0.717) is 0 Å². The van der Waals surface area contributed by atoms with Gasteiger partial charge in [0.05, 0.1) is 0 Å². The van der Waals surface area contributed by atoms with E-state index >= 15 is 0 Å². The van der Waals surface area contributed by atoms with Crippen LogP contribution in [0.25, 0.3) is 0 Å². The first-order valence-electron chi connectivity index (χ1n) is 5.78. The monoisotopic (exact) mass is 277 g/mol. The molecule has 0 aliphatic heterocycles. The van der Waals surface area contributed by atoms with Gasteiger partial charge in [0, 0.05) is 18.6 Å². The van der Waals surface area contributed by atoms with Gasteiger partial charge in [-0.2, -0.15) is 0 Å². The molecule has 0 amide bonds. The van der Waals surface area contributed by atoms with Crippen LogP contribution in [0.15, 0.2) is 53.7 Å². The Labute approximate surface area is 115 Å². The Hall–Kier alpha value is -0.970. The van der Waals surface area contributed by atoms with Crippen LogP contribution in [-0.4, -0.2) is 16.7 Å². The minimum Gasteiger partial charge on any atom is -0.396 e. The Morgan fingerprint density at radius 3 is 2.50 bits per heavy atom. The van der Waals surface area contributed by atoms with E-state index in [0.717, 1.165) is 17.2 Å². The predicted molar refractivity (Wildman–Crippen MR) is 78.6 cm³/mol. The molecule has 18 heavy (non-hydrogen) atoms. The minimum absolute atomic E-state index is 0.203. The van der Waals surface area contributed by atoms with Gasteiger partial charge in [-0.3, -0.25) is 0 Å². The predicted octanol–water partition coefficient (Wildman–Crippen LogP) is 3.56. The highest BCUT2D eigenvalue weighted by Gasteiger charge is 2.02. The molecule has 1 aromatic heterocycles. The summed E-state index contributed by atoms with van der Waals surface area (Å²) < 4.78 is 0. The van der Waals surface area contributed by atoms with E-state index in [1.54, 1.807) is 21.6 Å². The largest absolute Gasteiger partial charge is 0.396 e. The van der Waals surface area contributed by atoms with Crippen LogP contribution in [0.4, 0.5) is 0 Å². The Kier molecular flexibility index (Phi) is 5.58. The van der Waals surface area contributed by atoms with Crippen LogP contribution in [0.3, 0.4) is 0 Å². The van der Waals surface area contributed by atoms with Crippen molar-refractivity contribution in [1.29, 1.82) is 0 Å². The maximum Gasteiger partial charge on any atom is 0.106 e. The van der Waals surface area contributed by atoms with E-state index in [9.17, 15) is 0 Å². The third-order valence-corrected chi connectivity index (χ3v) is 4.67. The molecule has 0 saturated heterocycles. The molecule has 0 radical (unpaired) electrons. The highest BCUT2D eigenvalue weighted by Crippen LogP contribution is 2.32. The van der Waals surface area contributed by atoms with E-state index in [4.69, 9.17) is 5.11 Å². The number of aliphatic hydroxyl groups excluding tert-OH is 1. The quantitative estimate of drug-likeness (QED) is 0.819. The topological polar surface area (TPSA) is 33.1 Å². The third kappa shape index (κ3) is 4.05. The van der Waals surface area contributed by atoms with Gasteiger partial charge in [0.25, 0.3) is 0 Å². The van der Waals surface area contributed by atoms with Crippen molar-refractivity contribution in [3.05, 3.63) is 59.8 Å². The number of rotatable bonds is 6. The molecule has 1 N–H and O–H groups in total. The number of aromatic nitrogens is 1. The van der Waals surface area contributed by atoms with Crippen molar-refractivity contribution in [3.63, 3.8) is 0 Å². The van der Waals surface area contributed by atoms with Gasteiger partial charge in [-0.15, -0.1) is 0 Å². The van der Waals surface area contributed by atoms with E-state index in [1.165, 1.54) is 11.1 Å². The first kappa shape index (κ1) is 13.5. The van der Waals surface area contributed by atoms with Gasteiger partial charge >= 0.3 is 0 Å². The lowest BCUT2D eigenvalue weighted by molar-refractivity contribution is 0.299. The van der Waals surface area contributed by atoms with Crippen LogP contribution in [-0.2, 0) is 12.2 Å². The molecule has 0 atom stereocenters. The lowest BCUT2D eigenvalue weighted by atomic mass is 10.1. The lowest BCUT2D eigenvalue weighted by Gasteiger charge is -2.07. The number of hydrogen-bond donors (Lipinski definition) is 1. The van der Waals surface area contributed by atoms with E-state index < -0.39 is 0 Å². The molecule has 94 valence electrons. The van der Waals surface area contributed by atoms with Gasteiger partial charge in [-0.05, 0) is 40.5 Å².